The van der Waals surface area contributed by atoms with Crippen LogP contribution in [0.15, 0.2) is 12.1 Å². The van der Waals surface area contributed by atoms with Crippen LogP contribution < -0.4 is 11.1 Å². The molecule has 0 fully saturated rings. The van der Waals surface area contributed by atoms with Crippen molar-refractivity contribution in [2.75, 3.05) is 18.9 Å². The average Bonchev–Trinajstić information content (AvgIpc) is 2.36. The Morgan fingerprint density at radius 3 is 2.84 bits per heavy atom. The molecule has 0 saturated heterocycles. The van der Waals surface area contributed by atoms with E-state index in [1.807, 2.05) is 13.8 Å². The molecule has 19 heavy (non-hydrogen) atoms. The van der Waals surface area contributed by atoms with E-state index in [-0.39, 0.29) is 12.0 Å². The van der Waals surface area contributed by atoms with Crippen LogP contribution in [0.1, 0.15) is 43.2 Å². The lowest BCUT2D eigenvalue weighted by Gasteiger charge is -2.13. The number of hydrogen-bond donors (Lipinski definition) is 2. The van der Waals surface area contributed by atoms with Gasteiger partial charge in [0.2, 0.25) is 0 Å². The molecule has 0 saturated carbocycles. The number of carbonyl (C=O) groups excluding carboxylic acids is 1. The topological polar surface area (TPSA) is 77.2 Å². The Bertz CT molecular complexity index is 421. The first-order valence-electron chi connectivity index (χ1n) is 6.73. The van der Waals surface area contributed by atoms with Gasteiger partial charge in [-0.1, -0.05) is 13.3 Å². The lowest BCUT2D eigenvalue weighted by Crippen LogP contribution is -2.32. The number of aromatic nitrogens is 1. The first kappa shape index (κ1) is 15.4. The number of nitrogens with two attached hydrogens (primary N) is 1. The fraction of sp³-hybridized carbons (Fsp3) is 0.571. The third-order valence-corrected chi connectivity index (χ3v) is 2.67. The molecule has 3 N–H and O–H groups in total. The summed E-state index contributed by atoms with van der Waals surface area (Å²) in [6.07, 6.45) is 1.79. The highest BCUT2D eigenvalue weighted by Crippen LogP contribution is 2.09. The standard InChI is InChI=1S/C14H23N3O2/c1-4-6-12-7-11(8-13(15)17-12)14(18)16-9-10(3)19-5-2/h7-8,10H,4-6,9H2,1-3H3,(H2,15,17)(H,16,18). The third kappa shape index (κ3) is 5.26. The summed E-state index contributed by atoms with van der Waals surface area (Å²) >= 11 is 0. The van der Waals surface area contributed by atoms with Crippen LogP contribution in [-0.4, -0.2) is 30.1 Å². The second-order valence-corrected chi connectivity index (χ2v) is 4.50. The van der Waals surface area contributed by atoms with Crippen LogP contribution in [0.5, 0.6) is 0 Å². The van der Waals surface area contributed by atoms with Crippen molar-refractivity contribution in [2.24, 2.45) is 0 Å². The molecule has 1 rings (SSSR count). The van der Waals surface area contributed by atoms with Crippen LogP contribution in [0, 0.1) is 0 Å². The van der Waals surface area contributed by atoms with Gasteiger partial charge in [-0.3, -0.25) is 4.79 Å². The quantitative estimate of drug-likeness (QED) is 0.787. The maximum atomic E-state index is 12.0. The summed E-state index contributed by atoms with van der Waals surface area (Å²) in [6.45, 7) is 7.04. The lowest BCUT2D eigenvalue weighted by atomic mass is 10.1. The van der Waals surface area contributed by atoms with Crippen LogP contribution >= 0.6 is 0 Å². The smallest absolute Gasteiger partial charge is 0.251 e. The monoisotopic (exact) mass is 265 g/mol. The minimum Gasteiger partial charge on any atom is -0.384 e. The number of nitrogen functional groups attached to an aromatic ring is 1. The number of carbonyl (C=O) groups is 1. The van der Waals surface area contributed by atoms with E-state index in [2.05, 4.69) is 17.2 Å². The maximum Gasteiger partial charge on any atom is 0.251 e. The predicted octanol–water partition coefficient (Wildman–Crippen LogP) is 1.77. The van der Waals surface area contributed by atoms with Crippen molar-refractivity contribution in [3.63, 3.8) is 0 Å². The number of nitrogens with zero attached hydrogens (tertiary/aromatic N) is 1. The van der Waals surface area contributed by atoms with Crippen molar-refractivity contribution in [1.29, 1.82) is 0 Å². The minimum atomic E-state index is -0.141. The zero-order valence-electron chi connectivity index (χ0n) is 11.9. The molecule has 5 heteroatoms. The third-order valence-electron chi connectivity index (χ3n) is 2.67. The Morgan fingerprint density at radius 2 is 2.21 bits per heavy atom. The number of pyridine rings is 1. The first-order chi connectivity index (χ1) is 9.06. The largest absolute Gasteiger partial charge is 0.384 e. The molecule has 0 aromatic carbocycles. The van der Waals surface area contributed by atoms with Gasteiger partial charge in [0.25, 0.3) is 5.91 Å². The van der Waals surface area contributed by atoms with E-state index >= 15 is 0 Å². The fourth-order valence-electron chi connectivity index (χ4n) is 1.81. The number of amides is 1. The van der Waals surface area contributed by atoms with Gasteiger partial charge < -0.3 is 15.8 Å². The molecule has 0 spiro atoms. The second-order valence-electron chi connectivity index (χ2n) is 4.50. The zero-order valence-corrected chi connectivity index (χ0v) is 11.9. The number of anilines is 1. The SMILES string of the molecule is CCCc1cc(C(=O)NCC(C)OCC)cc(N)n1. The fourth-order valence-corrected chi connectivity index (χ4v) is 1.81. The molecule has 0 aliphatic rings. The number of rotatable bonds is 7. The molecule has 1 aromatic heterocycles. The van der Waals surface area contributed by atoms with Crippen molar-refractivity contribution in [3.05, 3.63) is 23.4 Å². The van der Waals surface area contributed by atoms with Gasteiger partial charge in [-0.25, -0.2) is 4.98 Å². The summed E-state index contributed by atoms with van der Waals surface area (Å²) in [6, 6.07) is 3.39. The molecule has 0 aliphatic carbocycles. The van der Waals surface area contributed by atoms with Crippen molar-refractivity contribution in [1.82, 2.24) is 10.3 Å². The van der Waals surface area contributed by atoms with E-state index in [9.17, 15) is 4.79 Å². The van der Waals surface area contributed by atoms with Gasteiger partial charge in [0, 0.05) is 24.4 Å². The number of ether oxygens (including phenoxy) is 1. The van der Waals surface area contributed by atoms with Crippen LogP contribution in [0.4, 0.5) is 5.82 Å². The lowest BCUT2D eigenvalue weighted by molar-refractivity contribution is 0.0695. The molecule has 106 valence electrons. The molecular formula is C14H23N3O2. The predicted molar refractivity (Wildman–Crippen MR) is 76.1 cm³/mol. The van der Waals surface area contributed by atoms with Crippen LogP contribution in [0.3, 0.4) is 0 Å². The summed E-state index contributed by atoms with van der Waals surface area (Å²) < 4.78 is 5.36. The van der Waals surface area contributed by atoms with Crippen molar-refractivity contribution < 1.29 is 9.53 Å². The van der Waals surface area contributed by atoms with E-state index < -0.39 is 0 Å². The molecule has 1 atom stereocenters. The molecule has 0 aliphatic heterocycles. The van der Waals surface area contributed by atoms with Crippen LogP contribution in [0.25, 0.3) is 0 Å². The Kier molecular flexibility index (Phi) is 6.29. The Hall–Kier alpha value is -1.62. The zero-order chi connectivity index (χ0) is 14.3. The van der Waals surface area contributed by atoms with Crippen molar-refractivity contribution in [3.8, 4) is 0 Å². The summed E-state index contributed by atoms with van der Waals surface area (Å²) in [4.78, 5) is 16.2. The van der Waals surface area contributed by atoms with Gasteiger partial charge in [0.15, 0.2) is 0 Å². The summed E-state index contributed by atoms with van der Waals surface area (Å²) in [5, 5.41) is 2.83. The van der Waals surface area contributed by atoms with E-state index in [1.54, 1.807) is 12.1 Å². The van der Waals surface area contributed by atoms with Gasteiger partial charge in [-0.15, -0.1) is 0 Å². The highest BCUT2D eigenvalue weighted by molar-refractivity contribution is 5.94. The number of hydrogen-bond acceptors (Lipinski definition) is 4. The summed E-state index contributed by atoms with van der Waals surface area (Å²) in [5.74, 6) is 0.243. The van der Waals surface area contributed by atoms with Crippen molar-refractivity contribution >= 4 is 11.7 Å². The summed E-state index contributed by atoms with van der Waals surface area (Å²) in [5.41, 5.74) is 7.12. The second kappa shape index (κ2) is 7.74. The van der Waals surface area contributed by atoms with Gasteiger partial charge in [-0.05, 0) is 32.4 Å². The molecule has 1 amide bonds. The van der Waals surface area contributed by atoms with Crippen LogP contribution in [0.2, 0.25) is 0 Å². The molecule has 1 aromatic rings. The molecule has 0 bridgehead atoms. The highest BCUT2D eigenvalue weighted by atomic mass is 16.5. The van der Waals surface area contributed by atoms with E-state index in [0.717, 1.165) is 18.5 Å². The van der Waals surface area contributed by atoms with Crippen LogP contribution in [-0.2, 0) is 11.2 Å². The van der Waals surface area contributed by atoms with E-state index in [1.165, 1.54) is 0 Å². The van der Waals surface area contributed by atoms with E-state index in [0.29, 0.717) is 24.5 Å². The minimum absolute atomic E-state index is 0.00301. The Morgan fingerprint density at radius 1 is 1.47 bits per heavy atom. The summed E-state index contributed by atoms with van der Waals surface area (Å²) in [7, 11) is 0. The van der Waals surface area contributed by atoms with Gasteiger partial charge >= 0.3 is 0 Å². The Balaban J connectivity index is 2.65. The highest BCUT2D eigenvalue weighted by Gasteiger charge is 2.10. The first-order valence-corrected chi connectivity index (χ1v) is 6.73. The van der Waals surface area contributed by atoms with Gasteiger partial charge in [0.1, 0.15) is 5.82 Å². The van der Waals surface area contributed by atoms with Crippen molar-refractivity contribution in [2.45, 2.75) is 39.7 Å². The van der Waals surface area contributed by atoms with Gasteiger partial charge in [0.05, 0.1) is 6.10 Å². The molecule has 0 radical (unpaired) electrons. The molecular weight excluding hydrogens is 242 g/mol. The number of nitrogens with one attached hydrogen (secondary N) is 1. The normalized spacial score (nSPS) is 12.2. The van der Waals surface area contributed by atoms with E-state index in [4.69, 9.17) is 10.5 Å². The van der Waals surface area contributed by atoms with Gasteiger partial charge in [-0.2, -0.15) is 0 Å². The molecule has 1 unspecified atom stereocenters. The molecule has 5 nitrogen and oxygen atoms in total. The maximum absolute atomic E-state index is 12.0. The number of aryl methyl sites for hydroxylation is 1. The molecule has 1 heterocycles. The Labute approximate surface area is 114 Å². The average molecular weight is 265 g/mol.